The number of nitrogens with zero attached hydrogens (tertiary/aromatic N) is 2. The van der Waals surface area contributed by atoms with Gasteiger partial charge in [0.15, 0.2) is 6.04 Å². The van der Waals surface area contributed by atoms with E-state index in [4.69, 9.17) is 4.74 Å². The molecule has 1 atom stereocenters. The molecule has 0 aromatic heterocycles. The van der Waals surface area contributed by atoms with Gasteiger partial charge < -0.3 is 4.74 Å². The number of carbonyl (C=O) groups excluding carboxylic acids is 2. The van der Waals surface area contributed by atoms with Gasteiger partial charge in [0.1, 0.15) is 0 Å². The number of rotatable bonds is 8. The zero-order valence-electron chi connectivity index (χ0n) is 9.14. The highest BCUT2D eigenvalue weighted by molar-refractivity contribution is 7.78. The van der Waals surface area contributed by atoms with Crippen LogP contribution in [0.5, 0.6) is 0 Å². The Bertz CT molecular complexity index is 307. The number of isocyanates is 1. The molecule has 0 amide bonds. The second kappa shape index (κ2) is 10.2. The summed E-state index contributed by atoms with van der Waals surface area (Å²) in [5.74, 6) is -0.482. The van der Waals surface area contributed by atoms with Crippen molar-refractivity contribution in [2.75, 3.05) is 13.2 Å². The van der Waals surface area contributed by atoms with E-state index in [0.29, 0.717) is 13.0 Å². The van der Waals surface area contributed by atoms with Crippen molar-refractivity contribution < 1.29 is 14.3 Å². The van der Waals surface area contributed by atoms with Gasteiger partial charge in [-0.3, -0.25) is 0 Å². The van der Waals surface area contributed by atoms with Crippen LogP contribution in [0.3, 0.4) is 0 Å². The SMILES string of the molecule is CCOC(=O)C(CCCCN=C=S)N=C=O. The number of carbonyl (C=O) groups is 1. The molecule has 0 heterocycles. The third-order valence-corrected chi connectivity index (χ3v) is 1.96. The molecule has 6 heteroatoms. The first-order valence-electron chi connectivity index (χ1n) is 5.03. The average Bonchev–Trinajstić information content (AvgIpc) is 2.27. The number of hydrogen-bond donors (Lipinski definition) is 0. The smallest absolute Gasteiger partial charge is 0.331 e. The molecule has 0 aliphatic rings. The van der Waals surface area contributed by atoms with Gasteiger partial charge in [-0.05, 0) is 38.4 Å². The van der Waals surface area contributed by atoms with Gasteiger partial charge in [-0.2, -0.15) is 4.99 Å². The van der Waals surface area contributed by atoms with Gasteiger partial charge in [-0.15, -0.1) is 0 Å². The molecule has 0 radical (unpaired) electrons. The molecule has 88 valence electrons. The van der Waals surface area contributed by atoms with Crippen molar-refractivity contribution in [1.82, 2.24) is 0 Å². The minimum absolute atomic E-state index is 0.277. The van der Waals surface area contributed by atoms with Crippen LogP contribution in [0, 0.1) is 0 Å². The number of thiocarbonyl (C=S) groups is 1. The molecular formula is C10H14N2O3S. The van der Waals surface area contributed by atoms with Crippen LogP contribution in [-0.4, -0.2) is 36.4 Å². The number of isothiocyanates is 1. The van der Waals surface area contributed by atoms with Crippen molar-refractivity contribution in [2.45, 2.75) is 32.2 Å². The van der Waals surface area contributed by atoms with E-state index in [1.165, 1.54) is 6.08 Å². The minimum Gasteiger partial charge on any atom is -0.464 e. The van der Waals surface area contributed by atoms with Crippen LogP contribution in [0.4, 0.5) is 0 Å². The highest BCUT2D eigenvalue weighted by atomic mass is 32.1. The summed E-state index contributed by atoms with van der Waals surface area (Å²) >= 11 is 4.41. The number of hydrogen-bond acceptors (Lipinski definition) is 6. The lowest BCUT2D eigenvalue weighted by atomic mass is 10.1. The lowest BCUT2D eigenvalue weighted by Gasteiger charge is -2.08. The van der Waals surface area contributed by atoms with Gasteiger partial charge in [-0.1, -0.05) is 0 Å². The Labute approximate surface area is 99.6 Å². The Morgan fingerprint density at radius 3 is 2.81 bits per heavy atom. The zero-order chi connectivity index (χ0) is 12.2. The number of esters is 1. The molecule has 5 nitrogen and oxygen atoms in total. The normalized spacial score (nSPS) is 10.8. The van der Waals surface area contributed by atoms with E-state index < -0.39 is 12.0 Å². The third kappa shape index (κ3) is 7.01. The molecule has 0 saturated carbocycles. The Kier molecular flexibility index (Phi) is 9.32. The second-order valence-electron chi connectivity index (χ2n) is 2.96. The molecule has 0 aliphatic carbocycles. The number of ether oxygens (including phenoxy) is 1. The maximum Gasteiger partial charge on any atom is 0.331 e. The van der Waals surface area contributed by atoms with E-state index in [2.05, 4.69) is 27.4 Å². The number of unbranched alkanes of at least 4 members (excludes halogenated alkanes) is 1. The van der Waals surface area contributed by atoms with Crippen LogP contribution in [0.2, 0.25) is 0 Å². The van der Waals surface area contributed by atoms with Gasteiger partial charge in [0, 0.05) is 6.54 Å². The fourth-order valence-corrected chi connectivity index (χ4v) is 1.20. The van der Waals surface area contributed by atoms with E-state index in [0.717, 1.165) is 12.8 Å². The summed E-state index contributed by atoms with van der Waals surface area (Å²) in [6.07, 6.45) is 3.33. The maximum absolute atomic E-state index is 11.3. The van der Waals surface area contributed by atoms with Crippen molar-refractivity contribution in [3.05, 3.63) is 0 Å². The fourth-order valence-electron chi connectivity index (χ4n) is 1.11. The van der Waals surface area contributed by atoms with Crippen molar-refractivity contribution in [3.63, 3.8) is 0 Å². The Balaban J connectivity index is 3.98. The van der Waals surface area contributed by atoms with Crippen LogP contribution >= 0.6 is 12.2 Å². The molecule has 0 aromatic carbocycles. The molecule has 0 aromatic rings. The molecule has 16 heavy (non-hydrogen) atoms. The van der Waals surface area contributed by atoms with Crippen molar-refractivity contribution in [3.8, 4) is 0 Å². The fraction of sp³-hybridized carbons (Fsp3) is 0.700. The van der Waals surface area contributed by atoms with E-state index in [1.54, 1.807) is 6.92 Å². The van der Waals surface area contributed by atoms with Gasteiger partial charge in [0.25, 0.3) is 0 Å². The monoisotopic (exact) mass is 242 g/mol. The molecule has 0 N–H and O–H groups in total. The van der Waals surface area contributed by atoms with Gasteiger partial charge >= 0.3 is 5.97 Å². The van der Waals surface area contributed by atoms with Crippen LogP contribution < -0.4 is 0 Å². The summed E-state index contributed by atoms with van der Waals surface area (Å²) in [5.41, 5.74) is 0. The van der Waals surface area contributed by atoms with Gasteiger partial charge in [0.05, 0.1) is 11.8 Å². The highest BCUT2D eigenvalue weighted by Crippen LogP contribution is 2.06. The van der Waals surface area contributed by atoms with Crippen LogP contribution in [0.15, 0.2) is 9.98 Å². The molecule has 0 fully saturated rings. The average molecular weight is 242 g/mol. The van der Waals surface area contributed by atoms with Crippen molar-refractivity contribution in [1.29, 1.82) is 0 Å². The highest BCUT2D eigenvalue weighted by Gasteiger charge is 2.17. The van der Waals surface area contributed by atoms with Crippen LogP contribution in [0.1, 0.15) is 26.2 Å². The van der Waals surface area contributed by atoms with E-state index in [-0.39, 0.29) is 6.61 Å². The Morgan fingerprint density at radius 2 is 2.25 bits per heavy atom. The molecule has 1 unspecified atom stereocenters. The first-order valence-corrected chi connectivity index (χ1v) is 5.44. The zero-order valence-corrected chi connectivity index (χ0v) is 9.96. The van der Waals surface area contributed by atoms with Gasteiger partial charge in [-0.25, -0.2) is 14.6 Å². The molecule has 0 spiro atoms. The molecule has 0 bridgehead atoms. The standard InChI is InChI=1S/C10H14N2O3S/c1-2-15-10(14)9(12-7-13)5-3-4-6-11-8-16/h9H,2-6H2,1H3. The summed E-state index contributed by atoms with van der Waals surface area (Å²) < 4.78 is 4.77. The first kappa shape index (κ1) is 14.6. The van der Waals surface area contributed by atoms with Crippen molar-refractivity contribution in [2.24, 2.45) is 9.98 Å². The quantitative estimate of drug-likeness (QED) is 0.213. The summed E-state index contributed by atoms with van der Waals surface area (Å²) in [4.78, 5) is 28.6. The predicted molar refractivity (Wildman–Crippen MR) is 62.3 cm³/mol. The predicted octanol–water partition coefficient (Wildman–Crippen LogP) is 1.53. The van der Waals surface area contributed by atoms with E-state index >= 15 is 0 Å². The molecule has 0 saturated heterocycles. The summed E-state index contributed by atoms with van der Waals surface area (Å²) in [6, 6.07) is -0.742. The lowest BCUT2D eigenvalue weighted by molar-refractivity contribution is -0.144. The van der Waals surface area contributed by atoms with Gasteiger partial charge in [0.2, 0.25) is 6.08 Å². The van der Waals surface area contributed by atoms with Crippen molar-refractivity contribution >= 4 is 29.4 Å². The minimum atomic E-state index is -0.742. The molecule has 0 rings (SSSR count). The summed E-state index contributed by atoms with van der Waals surface area (Å²) in [7, 11) is 0. The summed E-state index contributed by atoms with van der Waals surface area (Å²) in [6.45, 7) is 2.55. The largest absolute Gasteiger partial charge is 0.464 e. The summed E-state index contributed by atoms with van der Waals surface area (Å²) in [5, 5.41) is 2.25. The topological polar surface area (TPSA) is 68.1 Å². The second-order valence-corrected chi connectivity index (χ2v) is 3.14. The maximum atomic E-state index is 11.3. The van der Waals surface area contributed by atoms with Crippen LogP contribution in [-0.2, 0) is 14.3 Å². The first-order chi connectivity index (χ1) is 7.76. The molecule has 0 aliphatic heterocycles. The van der Waals surface area contributed by atoms with Crippen LogP contribution in [0.25, 0.3) is 0 Å². The lowest BCUT2D eigenvalue weighted by Crippen LogP contribution is -2.21. The Morgan fingerprint density at radius 1 is 1.50 bits per heavy atom. The molecular weight excluding hydrogens is 228 g/mol. The Hall–Kier alpha value is -1.35. The number of aliphatic imine (C=N–C) groups is 2. The van der Waals surface area contributed by atoms with E-state index in [9.17, 15) is 9.59 Å². The third-order valence-electron chi connectivity index (χ3n) is 1.83. The van der Waals surface area contributed by atoms with E-state index in [1.807, 2.05) is 0 Å².